The van der Waals surface area contributed by atoms with Gasteiger partial charge in [-0.1, -0.05) is 12.1 Å². The van der Waals surface area contributed by atoms with E-state index >= 15 is 0 Å². The number of ketones is 1. The van der Waals surface area contributed by atoms with Crippen molar-refractivity contribution in [2.45, 2.75) is 6.92 Å². The van der Waals surface area contributed by atoms with Crippen LogP contribution in [0.5, 0.6) is 11.6 Å². The lowest BCUT2D eigenvalue weighted by Gasteiger charge is -2.06. The van der Waals surface area contributed by atoms with Crippen LogP contribution in [0.1, 0.15) is 17.3 Å². The Hall–Kier alpha value is -1.43. The maximum atomic E-state index is 11.2. The highest BCUT2D eigenvalue weighted by molar-refractivity contribution is 14.1. The molecular formula is C13H10INO2. The van der Waals surface area contributed by atoms with Crippen LogP contribution in [-0.2, 0) is 0 Å². The molecule has 2 aromatic rings. The van der Waals surface area contributed by atoms with Gasteiger partial charge in [0, 0.05) is 17.8 Å². The maximum Gasteiger partial charge on any atom is 0.219 e. The van der Waals surface area contributed by atoms with Crippen LogP contribution in [0.2, 0.25) is 0 Å². The van der Waals surface area contributed by atoms with Crippen molar-refractivity contribution in [1.82, 2.24) is 4.98 Å². The summed E-state index contributed by atoms with van der Waals surface area (Å²) < 4.78 is 6.63. The fourth-order valence-electron chi connectivity index (χ4n) is 1.32. The second kappa shape index (κ2) is 5.27. The second-order valence-corrected chi connectivity index (χ2v) is 4.63. The normalized spacial score (nSPS) is 10.0. The second-order valence-electron chi connectivity index (χ2n) is 3.47. The minimum absolute atomic E-state index is 0.00000798. The van der Waals surface area contributed by atoms with E-state index in [9.17, 15) is 4.79 Å². The monoisotopic (exact) mass is 339 g/mol. The van der Waals surface area contributed by atoms with Gasteiger partial charge in [-0.3, -0.25) is 4.79 Å². The summed E-state index contributed by atoms with van der Waals surface area (Å²) in [6.07, 6.45) is 1.57. The molecule has 0 amide bonds. The van der Waals surface area contributed by atoms with Crippen LogP contribution in [0.4, 0.5) is 0 Å². The molecule has 2 rings (SSSR count). The zero-order valence-electron chi connectivity index (χ0n) is 9.18. The van der Waals surface area contributed by atoms with Gasteiger partial charge in [-0.2, -0.15) is 0 Å². The molecule has 17 heavy (non-hydrogen) atoms. The van der Waals surface area contributed by atoms with Crippen LogP contribution < -0.4 is 4.74 Å². The predicted molar refractivity (Wildman–Crippen MR) is 73.5 cm³/mol. The molecule has 0 radical (unpaired) electrons. The van der Waals surface area contributed by atoms with Gasteiger partial charge in [-0.15, -0.1) is 0 Å². The van der Waals surface area contributed by atoms with Gasteiger partial charge in [0.2, 0.25) is 5.88 Å². The molecule has 0 saturated heterocycles. The van der Waals surface area contributed by atoms with Crippen LogP contribution in [0.3, 0.4) is 0 Å². The molecule has 0 saturated carbocycles. The summed E-state index contributed by atoms with van der Waals surface area (Å²) >= 11 is 2.19. The molecule has 3 nitrogen and oxygen atoms in total. The van der Waals surface area contributed by atoms with Crippen LogP contribution in [0.25, 0.3) is 0 Å². The van der Waals surface area contributed by atoms with Crippen molar-refractivity contribution in [3.63, 3.8) is 0 Å². The molecule has 0 aliphatic carbocycles. The minimum Gasteiger partial charge on any atom is -0.438 e. The number of benzene rings is 1. The lowest BCUT2D eigenvalue weighted by molar-refractivity contribution is 0.101. The molecule has 0 atom stereocenters. The van der Waals surface area contributed by atoms with E-state index in [1.807, 2.05) is 24.3 Å². The number of carbonyl (C=O) groups excluding carboxylic acids is 1. The van der Waals surface area contributed by atoms with Crippen molar-refractivity contribution < 1.29 is 9.53 Å². The van der Waals surface area contributed by atoms with Crippen LogP contribution in [0, 0.1) is 3.57 Å². The summed E-state index contributed by atoms with van der Waals surface area (Å²) in [4.78, 5) is 15.3. The molecule has 1 aromatic carbocycles. The van der Waals surface area contributed by atoms with Crippen LogP contribution in [0.15, 0.2) is 42.6 Å². The highest BCUT2D eigenvalue weighted by Gasteiger charge is 2.05. The third kappa shape index (κ3) is 3.03. The first kappa shape index (κ1) is 12.0. The quantitative estimate of drug-likeness (QED) is 0.633. The standard InChI is InChI=1S/C13H10INO2/c1-9(16)10-6-7-15-13(8-10)17-12-5-3-2-4-11(12)14/h2-8H,1H3. The van der Waals surface area contributed by atoms with Gasteiger partial charge >= 0.3 is 0 Å². The van der Waals surface area contributed by atoms with E-state index < -0.39 is 0 Å². The molecule has 1 aromatic heterocycles. The van der Waals surface area contributed by atoms with Crippen molar-refractivity contribution in [3.05, 3.63) is 51.7 Å². The van der Waals surface area contributed by atoms with E-state index in [0.29, 0.717) is 11.4 Å². The molecule has 1 heterocycles. The number of rotatable bonds is 3. The number of ether oxygens (including phenoxy) is 1. The summed E-state index contributed by atoms with van der Waals surface area (Å²) in [7, 11) is 0. The van der Waals surface area contributed by atoms with Crippen molar-refractivity contribution >= 4 is 28.4 Å². The number of pyridine rings is 1. The first-order chi connectivity index (χ1) is 8.16. The summed E-state index contributed by atoms with van der Waals surface area (Å²) in [6.45, 7) is 1.52. The highest BCUT2D eigenvalue weighted by Crippen LogP contribution is 2.25. The van der Waals surface area contributed by atoms with E-state index in [-0.39, 0.29) is 5.78 Å². The lowest BCUT2D eigenvalue weighted by atomic mass is 10.2. The van der Waals surface area contributed by atoms with Crippen LogP contribution >= 0.6 is 22.6 Å². The Morgan fingerprint density at radius 2 is 2.06 bits per heavy atom. The van der Waals surface area contributed by atoms with E-state index in [4.69, 9.17) is 4.74 Å². The number of Topliss-reactive ketones (excluding diaryl/α,β-unsaturated/α-hetero) is 1. The van der Waals surface area contributed by atoms with E-state index in [1.54, 1.807) is 18.3 Å². The van der Waals surface area contributed by atoms with Gasteiger partial charge in [0.05, 0.1) is 3.57 Å². The van der Waals surface area contributed by atoms with Gasteiger partial charge in [-0.25, -0.2) is 4.98 Å². The Labute approximate surface area is 113 Å². The largest absolute Gasteiger partial charge is 0.438 e. The number of aromatic nitrogens is 1. The molecule has 0 unspecified atom stereocenters. The molecule has 0 fully saturated rings. The average Bonchev–Trinajstić information content (AvgIpc) is 2.32. The van der Waals surface area contributed by atoms with Gasteiger partial charge in [0.15, 0.2) is 5.78 Å². The Balaban J connectivity index is 2.28. The average molecular weight is 339 g/mol. The predicted octanol–water partition coefficient (Wildman–Crippen LogP) is 3.68. The number of halogens is 1. The molecule has 0 N–H and O–H groups in total. The Kier molecular flexibility index (Phi) is 3.73. The minimum atomic E-state index is 0.00000798. The van der Waals surface area contributed by atoms with Gasteiger partial charge in [-0.05, 0) is 47.7 Å². The molecule has 4 heteroatoms. The lowest BCUT2D eigenvalue weighted by Crippen LogP contribution is -1.95. The van der Waals surface area contributed by atoms with E-state index in [1.165, 1.54) is 6.92 Å². The van der Waals surface area contributed by atoms with Crippen molar-refractivity contribution in [2.75, 3.05) is 0 Å². The molecule has 0 bridgehead atoms. The molecular weight excluding hydrogens is 329 g/mol. The third-order valence-electron chi connectivity index (χ3n) is 2.19. The van der Waals surface area contributed by atoms with Gasteiger partial charge in [0.1, 0.15) is 5.75 Å². The molecule has 0 spiro atoms. The van der Waals surface area contributed by atoms with Crippen molar-refractivity contribution in [1.29, 1.82) is 0 Å². The number of hydrogen-bond acceptors (Lipinski definition) is 3. The maximum absolute atomic E-state index is 11.2. The number of para-hydroxylation sites is 1. The first-order valence-corrected chi connectivity index (χ1v) is 6.14. The van der Waals surface area contributed by atoms with Gasteiger partial charge < -0.3 is 4.74 Å². The van der Waals surface area contributed by atoms with E-state index in [2.05, 4.69) is 27.6 Å². The fraction of sp³-hybridized carbons (Fsp3) is 0.0769. The fourth-order valence-corrected chi connectivity index (χ4v) is 1.82. The molecule has 0 aliphatic rings. The zero-order valence-corrected chi connectivity index (χ0v) is 11.3. The highest BCUT2D eigenvalue weighted by atomic mass is 127. The van der Waals surface area contributed by atoms with Gasteiger partial charge in [0.25, 0.3) is 0 Å². The molecule has 0 aliphatic heterocycles. The topological polar surface area (TPSA) is 39.2 Å². The van der Waals surface area contributed by atoms with Crippen molar-refractivity contribution in [2.24, 2.45) is 0 Å². The smallest absolute Gasteiger partial charge is 0.219 e. The summed E-state index contributed by atoms with van der Waals surface area (Å²) in [5.74, 6) is 1.17. The summed E-state index contributed by atoms with van der Waals surface area (Å²) in [5.41, 5.74) is 0.598. The number of nitrogens with zero attached hydrogens (tertiary/aromatic N) is 1. The number of hydrogen-bond donors (Lipinski definition) is 0. The summed E-state index contributed by atoms with van der Waals surface area (Å²) in [5, 5.41) is 0. The Bertz CT molecular complexity index is 555. The third-order valence-corrected chi connectivity index (χ3v) is 3.08. The van der Waals surface area contributed by atoms with Crippen molar-refractivity contribution in [3.8, 4) is 11.6 Å². The number of carbonyl (C=O) groups is 1. The Morgan fingerprint density at radius 3 is 2.76 bits per heavy atom. The molecule has 86 valence electrons. The summed E-state index contributed by atoms with van der Waals surface area (Å²) in [6, 6.07) is 11.0. The SMILES string of the molecule is CC(=O)c1ccnc(Oc2ccccc2I)c1. The Morgan fingerprint density at radius 1 is 1.29 bits per heavy atom. The van der Waals surface area contributed by atoms with E-state index in [0.717, 1.165) is 9.32 Å². The zero-order chi connectivity index (χ0) is 12.3. The van der Waals surface area contributed by atoms with Crippen LogP contribution in [-0.4, -0.2) is 10.8 Å². The first-order valence-electron chi connectivity index (χ1n) is 5.06.